The van der Waals surface area contributed by atoms with Crippen LogP contribution in [-0.4, -0.2) is 16.9 Å². The molecule has 0 aliphatic heterocycles. The summed E-state index contributed by atoms with van der Waals surface area (Å²) in [5.74, 6) is -0.0478. The van der Waals surface area contributed by atoms with Crippen molar-refractivity contribution >= 4 is 17.3 Å². The third kappa shape index (κ3) is 3.87. The van der Waals surface area contributed by atoms with Crippen LogP contribution in [0.25, 0.3) is 0 Å². The van der Waals surface area contributed by atoms with Crippen molar-refractivity contribution in [3.8, 4) is 11.8 Å². The van der Waals surface area contributed by atoms with Gasteiger partial charge < -0.3 is 10.1 Å². The molecule has 0 saturated carbocycles. The van der Waals surface area contributed by atoms with Crippen LogP contribution >= 0.6 is 0 Å². The Morgan fingerprint density at radius 1 is 1.33 bits per heavy atom. The molecule has 2 aromatic carbocycles. The molecule has 0 aromatic heterocycles. The summed E-state index contributed by atoms with van der Waals surface area (Å²) < 4.78 is 5.51. The molecule has 122 valence electrons. The Labute approximate surface area is 138 Å². The molecule has 0 bridgehead atoms. The van der Waals surface area contributed by atoms with Gasteiger partial charge in [-0.3, -0.25) is 14.9 Å². The van der Waals surface area contributed by atoms with Crippen LogP contribution in [0.5, 0.6) is 5.75 Å². The molecule has 24 heavy (non-hydrogen) atoms. The summed E-state index contributed by atoms with van der Waals surface area (Å²) in [5.41, 5.74) is 1.09. The van der Waals surface area contributed by atoms with Gasteiger partial charge in [0.1, 0.15) is 5.75 Å². The highest BCUT2D eigenvalue weighted by Crippen LogP contribution is 2.25. The summed E-state index contributed by atoms with van der Waals surface area (Å²) in [6.07, 6.45) is -0.836. The number of nitrogens with zero attached hydrogens (tertiary/aromatic N) is 2. The number of anilines is 1. The minimum absolute atomic E-state index is 0.0666. The number of ether oxygens (including phenoxy) is 1. The van der Waals surface area contributed by atoms with E-state index in [0.717, 1.165) is 0 Å². The molecule has 7 nitrogen and oxygen atoms in total. The van der Waals surface area contributed by atoms with Crippen LogP contribution in [0.15, 0.2) is 42.5 Å². The van der Waals surface area contributed by atoms with Crippen LogP contribution in [0.2, 0.25) is 0 Å². The highest BCUT2D eigenvalue weighted by molar-refractivity contribution is 5.95. The highest BCUT2D eigenvalue weighted by atomic mass is 16.6. The first kappa shape index (κ1) is 17.0. The fourth-order valence-electron chi connectivity index (χ4n) is 2.09. The van der Waals surface area contributed by atoms with Crippen molar-refractivity contribution in [1.29, 1.82) is 5.26 Å². The van der Waals surface area contributed by atoms with Gasteiger partial charge in [-0.15, -0.1) is 0 Å². The number of carbonyl (C=O) groups is 1. The van der Waals surface area contributed by atoms with Crippen LogP contribution in [0.4, 0.5) is 11.4 Å². The number of nitro groups is 1. The molecule has 2 aromatic rings. The van der Waals surface area contributed by atoms with Crippen molar-refractivity contribution in [3.05, 3.63) is 63.7 Å². The second kappa shape index (κ2) is 7.24. The number of rotatable bonds is 5. The Morgan fingerprint density at radius 3 is 2.71 bits per heavy atom. The van der Waals surface area contributed by atoms with Gasteiger partial charge >= 0.3 is 0 Å². The molecule has 1 N–H and O–H groups in total. The topological polar surface area (TPSA) is 105 Å². The van der Waals surface area contributed by atoms with Gasteiger partial charge in [-0.2, -0.15) is 5.26 Å². The predicted molar refractivity (Wildman–Crippen MR) is 87.7 cm³/mol. The van der Waals surface area contributed by atoms with Crippen molar-refractivity contribution in [2.24, 2.45) is 0 Å². The summed E-state index contributed by atoms with van der Waals surface area (Å²) in [7, 11) is 0. The SMILES string of the molecule is Cc1c(NC(=O)C(C)Oc2cccc(C#N)c2)cccc1[N+](=O)[O-]. The number of carbonyl (C=O) groups excluding carboxylic acids is 1. The van der Waals surface area contributed by atoms with Crippen LogP contribution in [0.3, 0.4) is 0 Å². The number of hydrogen-bond acceptors (Lipinski definition) is 5. The molecule has 1 unspecified atom stereocenters. The Bertz CT molecular complexity index is 827. The molecular weight excluding hydrogens is 310 g/mol. The smallest absolute Gasteiger partial charge is 0.274 e. The van der Waals surface area contributed by atoms with Gasteiger partial charge in [0.2, 0.25) is 0 Å². The number of hydrogen-bond donors (Lipinski definition) is 1. The molecule has 0 spiro atoms. The van der Waals surface area contributed by atoms with Crippen LogP contribution < -0.4 is 10.1 Å². The standard InChI is InChI=1S/C17H15N3O4/c1-11-15(7-4-8-16(11)20(22)23)19-17(21)12(2)24-14-6-3-5-13(9-14)10-18/h3-9,12H,1-2H3,(H,19,21). The first-order chi connectivity index (χ1) is 11.4. The lowest BCUT2D eigenvalue weighted by Crippen LogP contribution is -2.30. The lowest BCUT2D eigenvalue weighted by molar-refractivity contribution is -0.385. The summed E-state index contributed by atoms with van der Waals surface area (Å²) in [4.78, 5) is 22.7. The molecule has 7 heteroatoms. The first-order valence-electron chi connectivity index (χ1n) is 7.14. The third-order valence-electron chi connectivity index (χ3n) is 3.40. The molecule has 0 radical (unpaired) electrons. The maximum absolute atomic E-state index is 12.2. The van der Waals surface area contributed by atoms with E-state index in [1.54, 1.807) is 38.1 Å². The number of amides is 1. The normalized spacial score (nSPS) is 11.2. The van der Waals surface area contributed by atoms with E-state index in [9.17, 15) is 14.9 Å². The largest absolute Gasteiger partial charge is 0.481 e. The molecule has 0 saturated heterocycles. The van der Waals surface area contributed by atoms with Crippen LogP contribution in [0, 0.1) is 28.4 Å². The third-order valence-corrected chi connectivity index (χ3v) is 3.40. The molecule has 0 heterocycles. The Balaban J connectivity index is 2.11. The van der Waals surface area contributed by atoms with Crippen molar-refractivity contribution in [3.63, 3.8) is 0 Å². The molecule has 0 aliphatic carbocycles. The van der Waals surface area contributed by atoms with Gasteiger partial charge in [0, 0.05) is 6.07 Å². The average Bonchev–Trinajstić information content (AvgIpc) is 2.56. The maximum Gasteiger partial charge on any atom is 0.274 e. The zero-order valence-corrected chi connectivity index (χ0v) is 13.1. The summed E-state index contributed by atoms with van der Waals surface area (Å²) in [6, 6.07) is 12.9. The fraction of sp³-hybridized carbons (Fsp3) is 0.176. The van der Waals surface area contributed by atoms with Crippen molar-refractivity contribution in [2.75, 3.05) is 5.32 Å². The van der Waals surface area contributed by atoms with Crippen molar-refractivity contribution < 1.29 is 14.5 Å². The predicted octanol–water partition coefficient (Wildman–Crippen LogP) is 3.18. The molecule has 1 amide bonds. The van der Waals surface area contributed by atoms with E-state index in [1.165, 1.54) is 18.2 Å². The van der Waals surface area contributed by atoms with Crippen molar-refractivity contribution in [1.82, 2.24) is 0 Å². The van der Waals surface area contributed by atoms with Crippen LogP contribution in [0.1, 0.15) is 18.1 Å². The van der Waals surface area contributed by atoms with E-state index < -0.39 is 16.9 Å². The van der Waals surface area contributed by atoms with Gasteiger partial charge in [-0.1, -0.05) is 12.1 Å². The second-order valence-electron chi connectivity index (χ2n) is 5.10. The number of nitrogens with one attached hydrogen (secondary N) is 1. The number of nitriles is 1. The van der Waals surface area contributed by atoms with E-state index in [1.807, 2.05) is 6.07 Å². The van der Waals surface area contributed by atoms with Crippen molar-refractivity contribution in [2.45, 2.75) is 20.0 Å². The lowest BCUT2D eigenvalue weighted by Gasteiger charge is -2.15. The van der Waals surface area contributed by atoms with Crippen LogP contribution in [-0.2, 0) is 4.79 Å². The Morgan fingerprint density at radius 2 is 2.04 bits per heavy atom. The van der Waals surface area contributed by atoms with E-state index in [4.69, 9.17) is 10.00 Å². The Kier molecular flexibility index (Phi) is 5.12. The molecule has 2 rings (SSSR count). The van der Waals surface area contributed by atoms with E-state index in [0.29, 0.717) is 22.6 Å². The number of benzene rings is 2. The quantitative estimate of drug-likeness (QED) is 0.671. The van der Waals surface area contributed by atoms with Gasteiger partial charge in [0.25, 0.3) is 11.6 Å². The monoisotopic (exact) mass is 325 g/mol. The van der Waals surface area contributed by atoms with Gasteiger partial charge in [0.05, 0.1) is 27.8 Å². The van der Waals surface area contributed by atoms with Gasteiger partial charge in [-0.05, 0) is 38.1 Å². The lowest BCUT2D eigenvalue weighted by atomic mass is 10.1. The van der Waals surface area contributed by atoms with E-state index >= 15 is 0 Å². The second-order valence-corrected chi connectivity index (χ2v) is 5.10. The zero-order valence-electron chi connectivity index (χ0n) is 13.1. The first-order valence-corrected chi connectivity index (χ1v) is 7.14. The number of nitro benzene ring substituents is 1. The highest BCUT2D eigenvalue weighted by Gasteiger charge is 2.19. The Hall–Kier alpha value is -3.40. The molecule has 0 fully saturated rings. The van der Waals surface area contributed by atoms with E-state index in [-0.39, 0.29) is 5.69 Å². The summed E-state index contributed by atoms with van der Waals surface area (Å²) in [6.45, 7) is 3.12. The average molecular weight is 325 g/mol. The molecule has 0 aliphatic rings. The minimum Gasteiger partial charge on any atom is -0.481 e. The van der Waals surface area contributed by atoms with Gasteiger partial charge in [-0.25, -0.2) is 0 Å². The fourth-order valence-corrected chi connectivity index (χ4v) is 2.09. The summed E-state index contributed by atoms with van der Waals surface area (Å²) in [5, 5.41) is 22.4. The molecule has 1 atom stereocenters. The van der Waals surface area contributed by atoms with Gasteiger partial charge in [0.15, 0.2) is 6.10 Å². The zero-order chi connectivity index (χ0) is 17.7. The molecular formula is C17H15N3O4. The maximum atomic E-state index is 12.2. The summed E-state index contributed by atoms with van der Waals surface area (Å²) >= 11 is 0. The minimum atomic E-state index is -0.836. The van der Waals surface area contributed by atoms with E-state index in [2.05, 4.69) is 5.32 Å².